The van der Waals surface area contributed by atoms with Crippen LogP contribution in [0.2, 0.25) is 0 Å². The van der Waals surface area contributed by atoms with Gasteiger partial charge in [0.1, 0.15) is 29.6 Å². The van der Waals surface area contributed by atoms with Crippen LogP contribution in [-0.2, 0) is 6.61 Å². The van der Waals surface area contributed by atoms with Gasteiger partial charge in [-0.15, -0.1) is 0 Å². The van der Waals surface area contributed by atoms with Gasteiger partial charge in [0.15, 0.2) is 0 Å². The minimum Gasteiger partial charge on any atom is -0.497 e. The Morgan fingerprint density at radius 1 is 0.933 bits per heavy atom. The van der Waals surface area contributed by atoms with Crippen molar-refractivity contribution in [2.45, 2.75) is 6.61 Å². The van der Waals surface area contributed by atoms with Gasteiger partial charge in [-0.25, -0.2) is 0 Å². The van der Waals surface area contributed by atoms with Crippen LogP contribution in [0.1, 0.15) is 5.56 Å². The number of ether oxygens (including phenoxy) is 3. The van der Waals surface area contributed by atoms with E-state index in [1.807, 2.05) is 42.5 Å². The smallest absolute Gasteiger partial charge is 0.273 e. The summed E-state index contributed by atoms with van der Waals surface area (Å²) in [5.74, 6) is 2.42. The molecular formula is C23H18N2O5. The fourth-order valence-corrected chi connectivity index (χ4v) is 2.96. The maximum Gasteiger partial charge on any atom is 0.273 e. The van der Waals surface area contributed by atoms with Crippen molar-refractivity contribution in [1.29, 1.82) is 0 Å². The fraction of sp³-hybridized carbons (Fsp3) is 0.0870. The first-order chi connectivity index (χ1) is 14.6. The lowest BCUT2D eigenvalue weighted by molar-refractivity contribution is -0.384. The Morgan fingerprint density at radius 3 is 2.50 bits per heavy atom. The highest BCUT2D eigenvalue weighted by molar-refractivity contribution is 5.86. The molecule has 30 heavy (non-hydrogen) atoms. The average molecular weight is 402 g/mol. The second kappa shape index (κ2) is 8.48. The van der Waals surface area contributed by atoms with Crippen LogP contribution < -0.4 is 14.2 Å². The van der Waals surface area contributed by atoms with Crippen LogP contribution in [-0.4, -0.2) is 17.0 Å². The number of hydrogen-bond donors (Lipinski definition) is 0. The summed E-state index contributed by atoms with van der Waals surface area (Å²) >= 11 is 0. The molecule has 4 aromatic rings. The van der Waals surface area contributed by atoms with Gasteiger partial charge >= 0.3 is 0 Å². The second-order valence-corrected chi connectivity index (χ2v) is 6.48. The molecule has 1 heterocycles. The minimum atomic E-state index is -0.454. The summed E-state index contributed by atoms with van der Waals surface area (Å²) in [5.41, 5.74) is 1.69. The molecule has 0 aliphatic heterocycles. The maximum atomic E-state index is 11.0. The van der Waals surface area contributed by atoms with Crippen molar-refractivity contribution in [3.63, 3.8) is 0 Å². The van der Waals surface area contributed by atoms with E-state index in [1.165, 1.54) is 12.1 Å². The van der Waals surface area contributed by atoms with Crippen LogP contribution >= 0.6 is 0 Å². The molecule has 0 fully saturated rings. The Kier molecular flexibility index (Phi) is 5.43. The third-order valence-electron chi connectivity index (χ3n) is 4.49. The number of fused-ring (bicyclic) bond motifs is 1. The van der Waals surface area contributed by atoms with Crippen molar-refractivity contribution in [3.05, 3.63) is 94.7 Å². The molecule has 7 nitrogen and oxygen atoms in total. The molecule has 1 aromatic heterocycles. The fourth-order valence-electron chi connectivity index (χ4n) is 2.96. The molecule has 0 aliphatic rings. The Hall–Kier alpha value is -4.13. The van der Waals surface area contributed by atoms with Crippen LogP contribution in [0.25, 0.3) is 10.9 Å². The number of non-ortho nitro benzene ring substituents is 1. The predicted octanol–water partition coefficient (Wildman–Crippen LogP) is 5.52. The quantitative estimate of drug-likeness (QED) is 0.299. The van der Waals surface area contributed by atoms with Gasteiger partial charge in [-0.3, -0.25) is 15.1 Å². The normalized spacial score (nSPS) is 10.6. The third-order valence-corrected chi connectivity index (χ3v) is 4.49. The molecule has 0 saturated carbocycles. The number of hydrogen-bond acceptors (Lipinski definition) is 6. The van der Waals surface area contributed by atoms with E-state index in [9.17, 15) is 10.1 Å². The minimum absolute atomic E-state index is 0.0277. The Bertz CT molecular complexity index is 1190. The second-order valence-electron chi connectivity index (χ2n) is 6.48. The molecule has 0 saturated heterocycles. The van der Waals surface area contributed by atoms with Gasteiger partial charge < -0.3 is 14.2 Å². The van der Waals surface area contributed by atoms with E-state index in [0.717, 1.165) is 16.7 Å². The molecule has 0 spiro atoms. The molecule has 150 valence electrons. The largest absolute Gasteiger partial charge is 0.497 e. The van der Waals surface area contributed by atoms with Crippen molar-refractivity contribution in [3.8, 4) is 23.0 Å². The SMILES string of the molecule is COc1ccc(COc2ccc3c(Oc4cccc([N+](=O)[O-])c4)ccnc3c2)cc1. The van der Waals surface area contributed by atoms with Gasteiger partial charge in [0, 0.05) is 23.7 Å². The number of rotatable bonds is 7. The average Bonchev–Trinajstić information content (AvgIpc) is 2.78. The molecule has 3 aromatic carbocycles. The maximum absolute atomic E-state index is 11.0. The van der Waals surface area contributed by atoms with E-state index >= 15 is 0 Å². The first-order valence-electron chi connectivity index (χ1n) is 9.19. The van der Waals surface area contributed by atoms with E-state index in [-0.39, 0.29) is 5.69 Å². The first-order valence-corrected chi connectivity index (χ1v) is 9.19. The number of pyridine rings is 1. The Labute approximate surface area is 172 Å². The molecular weight excluding hydrogens is 384 g/mol. The summed E-state index contributed by atoms with van der Waals surface area (Å²) in [7, 11) is 1.63. The van der Waals surface area contributed by atoms with E-state index in [2.05, 4.69) is 4.98 Å². The van der Waals surface area contributed by atoms with Gasteiger partial charge in [0.05, 0.1) is 23.6 Å². The lowest BCUT2D eigenvalue weighted by Crippen LogP contribution is -1.96. The molecule has 0 unspecified atom stereocenters. The van der Waals surface area contributed by atoms with E-state index < -0.39 is 4.92 Å². The van der Waals surface area contributed by atoms with Crippen molar-refractivity contribution in [2.75, 3.05) is 7.11 Å². The zero-order chi connectivity index (χ0) is 20.9. The van der Waals surface area contributed by atoms with E-state index in [1.54, 1.807) is 31.5 Å². The summed E-state index contributed by atoms with van der Waals surface area (Å²) in [6.07, 6.45) is 1.63. The topological polar surface area (TPSA) is 83.7 Å². The number of aromatic nitrogens is 1. The van der Waals surface area contributed by atoms with Gasteiger partial charge in [-0.05, 0) is 42.0 Å². The number of nitro benzene ring substituents is 1. The van der Waals surface area contributed by atoms with Gasteiger partial charge in [0.25, 0.3) is 5.69 Å². The lowest BCUT2D eigenvalue weighted by atomic mass is 10.2. The van der Waals surface area contributed by atoms with Gasteiger partial charge in [-0.1, -0.05) is 18.2 Å². The number of nitro groups is 1. The standard InChI is InChI=1S/C23H18N2O5/c1-28-18-7-5-16(6-8-18)15-29-19-9-10-21-22(14-19)24-12-11-23(21)30-20-4-2-3-17(13-20)25(26)27/h2-14H,15H2,1H3. The lowest BCUT2D eigenvalue weighted by Gasteiger charge is -2.11. The molecule has 0 aliphatic carbocycles. The summed E-state index contributed by atoms with van der Waals surface area (Å²) in [6, 6.07) is 21.0. The van der Waals surface area contributed by atoms with Crippen LogP contribution in [0.5, 0.6) is 23.0 Å². The van der Waals surface area contributed by atoms with Crippen molar-refractivity contribution in [2.24, 2.45) is 0 Å². The number of methoxy groups -OCH3 is 1. The van der Waals surface area contributed by atoms with Gasteiger partial charge in [-0.2, -0.15) is 0 Å². The van der Waals surface area contributed by atoms with Crippen LogP contribution in [0.3, 0.4) is 0 Å². The third kappa shape index (κ3) is 4.30. The molecule has 0 bridgehead atoms. The van der Waals surface area contributed by atoms with Crippen molar-refractivity contribution < 1.29 is 19.1 Å². The van der Waals surface area contributed by atoms with Crippen molar-refractivity contribution >= 4 is 16.6 Å². The molecule has 0 radical (unpaired) electrons. The zero-order valence-corrected chi connectivity index (χ0v) is 16.1. The Balaban J connectivity index is 1.52. The zero-order valence-electron chi connectivity index (χ0n) is 16.1. The molecule has 0 amide bonds. The van der Waals surface area contributed by atoms with Crippen LogP contribution in [0.15, 0.2) is 79.0 Å². The molecule has 7 heteroatoms. The summed E-state index contributed by atoms with van der Waals surface area (Å²) in [5, 5.41) is 11.7. The van der Waals surface area contributed by atoms with E-state index in [4.69, 9.17) is 14.2 Å². The number of nitrogens with zero attached hydrogens (tertiary/aromatic N) is 2. The highest BCUT2D eigenvalue weighted by Gasteiger charge is 2.10. The monoisotopic (exact) mass is 402 g/mol. The molecule has 0 N–H and O–H groups in total. The Morgan fingerprint density at radius 2 is 1.73 bits per heavy atom. The highest BCUT2D eigenvalue weighted by Crippen LogP contribution is 2.32. The van der Waals surface area contributed by atoms with Crippen molar-refractivity contribution in [1.82, 2.24) is 4.98 Å². The predicted molar refractivity (Wildman–Crippen MR) is 112 cm³/mol. The summed E-state index contributed by atoms with van der Waals surface area (Å²) < 4.78 is 16.9. The first kappa shape index (κ1) is 19.2. The van der Waals surface area contributed by atoms with Crippen LogP contribution in [0, 0.1) is 10.1 Å². The molecule has 0 atom stereocenters. The summed E-state index contributed by atoms with van der Waals surface area (Å²) in [4.78, 5) is 14.9. The highest BCUT2D eigenvalue weighted by atomic mass is 16.6. The number of benzene rings is 3. The van der Waals surface area contributed by atoms with Crippen LogP contribution in [0.4, 0.5) is 5.69 Å². The van der Waals surface area contributed by atoms with E-state index in [0.29, 0.717) is 29.4 Å². The summed E-state index contributed by atoms with van der Waals surface area (Å²) in [6.45, 7) is 0.416. The molecule has 4 rings (SSSR count). The van der Waals surface area contributed by atoms with Gasteiger partial charge in [0.2, 0.25) is 0 Å².